The number of anilines is 1. The quantitative estimate of drug-likeness (QED) is 0.308. The predicted molar refractivity (Wildman–Crippen MR) is 155 cm³/mol. The lowest BCUT2D eigenvalue weighted by atomic mass is 9.79. The zero-order valence-corrected chi connectivity index (χ0v) is 22.5. The van der Waals surface area contributed by atoms with Crippen LogP contribution >= 0.6 is 0 Å². The molecule has 4 aromatic rings. The van der Waals surface area contributed by atoms with Crippen LogP contribution in [0.2, 0.25) is 0 Å². The number of hydrogen-bond donors (Lipinski definition) is 1. The number of allylic oxidation sites excluding steroid dienone is 2. The first-order valence-corrected chi connectivity index (χ1v) is 13.3. The molecule has 3 aromatic carbocycles. The molecule has 3 aliphatic heterocycles. The highest BCUT2D eigenvalue weighted by Crippen LogP contribution is 2.53. The van der Waals surface area contributed by atoms with Gasteiger partial charge in [-0.2, -0.15) is 0 Å². The Kier molecular flexibility index (Phi) is 4.93. The first-order valence-electron chi connectivity index (χ1n) is 13.3. The number of nitrogens with zero attached hydrogens (tertiary/aromatic N) is 1. The molecule has 0 aliphatic carbocycles. The Labute approximate surface area is 224 Å². The molecule has 0 amide bonds. The highest BCUT2D eigenvalue weighted by atomic mass is 16.5. The van der Waals surface area contributed by atoms with Crippen molar-refractivity contribution in [1.82, 2.24) is 4.57 Å². The smallest absolute Gasteiger partial charge is 0.150 e. The topological polar surface area (TPSA) is 35.4 Å². The van der Waals surface area contributed by atoms with E-state index < -0.39 is 0 Å². The van der Waals surface area contributed by atoms with Gasteiger partial charge in [0.25, 0.3) is 0 Å². The van der Waals surface area contributed by atoms with Crippen molar-refractivity contribution in [3.05, 3.63) is 113 Å². The van der Waals surface area contributed by atoms with E-state index in [0.29, 0.717) is 0 Å². The molecule has 190 valence electrons. The van der Waals surface area contributed by atoms with Gasteiger partial charge in [0.05, 0.1) is 18.2 Å². The Hall–Kier alpha value is -4.18. The molecule has 4 nitrogen and oxygen atoms in total. The van der Waals surface area contributed by atoms with Crippen molar-refractivity contribution in [3.63, 3.8) is 0 Å². The minimum Gasteiger partial charge on any atom is -0.496 e. The van der Waals surface area contributed by atoms with Gasteiger partial charge >= 0.3 is 0 Å². The summed E-state index contributed by atoms with van der Waals surface area (Å²) in [6.45, 7) is 8.82. The van der Waals surface area contributed by atoms with Crippen LogP contribution < -0.4 is 14.8 Å². The second-order valence-corrected chi connectivity index (χ2v) is 11.3. The minimum absolute atomic E-state index is 0.119. The van der Waals surface area contributed by atoms with Crippen molar-refractivity contribution < 1.29 is 9.47 Å². The van der Waals surface area contributed by atoms with E-state index in [2.05, 4.69) is 111 Å². The highest BCUT2D eigenvalue weighted by Gasteiger charge is 2.36. The number of hydrogen-bond acceptors (Lipinski definition) is 3. The van der Waals surface area contributed by atoms with Crippen LogP contribution in [0.3, 0.4) is 0 Å². The summed E-state index contributed by atoms with van der Waals surface area (Å²) in [5.74, 6) is 1.91. The van der Waals surface area contributed by atoms with Crippen LogP contribution in [-0.2, 0) is 0 Å². The number of fused-ring (bicyclic) bond motifs is 6. The van der Waals surface area contributed by atoms with Crippen molar-refractivity contribution in [2.45, 2.75) is 45.3 Å². The maximum atomic E-state index is 6.92. The third kappa shape index (κ3) is 3.43. The number of benzene rings is 3. The zero-order chi connectivity index (χ0) is 26.2. The Balaban J connectivity index is 1.46. The van der Waals surface area contributed by atoms with E-state index >= 15 is 0 Å². The Morgan fingerprint density at radius 1 is 0.947 bits per heavy atom. The van der Waals surface area contributed by atoms with Gasteiger partial charge in [0.1, 0.15) is 11.5 Å². The second-order valence-electron chi connectivity index (χ2n) is 11.3. The van der Waals surface area contributed by atoms with Crippen molar-refractivity contribution in [3.8, 4) is 22.6 Å². The average Bonchev–Trinajstić information content (AvgIpc) is 3.50. The molecule has 0 saturated carbocycles. The first-order chi connectivity index (χ1) is 18.3. The molecule has 3 aliphatic rings. The monoisotopic (exact) mass is 500 g/mol. The molecule has 4 heterocycles. The third-order valence-electron chi connectivity index (χ3n) is 8.01. The number of nitrogens with one attached hydrogen (secondary N) is 1. The van der Waals surface area contributed by atoms with E-state index in [-0.39, 0.29) is 17.6 Å². The number of aromatic nitrogens is 1. The normalized spacial score (nSPS) is 19.9. The molecule has 4 heteroatoms. The van der Waals surface area contributed by atoms with E-state index in [9.17, 15) is 0 Å². The molecule has 2 unspecified atom stereocenters. The van der Waals surface area contributed by atoms with Crippen LogP contribution in [0, 0.1) is 6.92 Å². The molecule has 2 atom stereocenters. The number of aryl methyl sites for hydroxylation is 1. The van der Waals surface area contributed by atoms with Gasteiger partial charge in [0.15, 0.2) is 6.10 Å². The van der Waals surface area contributed by atoms with Crippen LogP contribution in [-0.4, -0.2) is 17.2 Å². The van der Waals surface area contributed by atoms with Crippen molar-refractivity contribution >= 4 is 17.5 Å². The van der Waals surface area contributed by atoms with Gasteiger partial charge in [-0.05, 0) is 80.3 Å². The van der Waals surface area contributed by atoms with Crippen LogP contribution in [0.15, 0.2) is 79.0 Å². The summed E-state index contributed by atoms with van der Waals surface area (Å²) in [6.07, 6.45) is 8.63. The Morgan fingerprint density at radius 3 is 2.63 bits per heavy atom. The van der Waals surface area contributed by atoms with Crippen molar-refractivity contribution in [1.29, 1.82) is 0 Å². The Morgan fingerprint density at radius 2 is 1.79 bits per heavy atom. The van der Waals surface area contributed by atoms with Gasteiger partial charge in [-0.3, -0.25) is 0 Å². The maximum absolute atomic E-state index is 6.92. The lowest BCUT2D eigenvalue weighted by Gasteiger charge is -2.37. The molecule has 1 aromatic heterocycles. The van der Waals surface area contributed by atoms with Gasteiger partial charge in [-0.15, -0.1) is 0 Å². The summed E-state index contributed by atoms with van der Waals surface area (Å²) in [4.78, 5) is 0. The lowest BCUT2D eigenvalue weighted by Crippen LogP contribution is -2.32. The summed E-state index contributed by atoms with van der Waals surface area (Å²) in [6, 6.07) is 21.8. The summed E-state index contributed by atoms with van der Waals surface area (Å²) in [5.41, 5.74) is 11.9. The first kappa shape index (κ1) is 23.0. The molecule has 0 bridgehead atoms. The summed E-state index contributed by atoms with van der Waals surface area (Å²) < 4.78 is 15.0. The molecule has 0 saturated heterocycles. The largest absolute Gasteiger partial charge is 0.496 e. The second kappa shape index (κ2) is 8.16. The Bertz CT molecular complexity index is 1670. The highest BCUT2D eigenvalue weighted by molar-refractivity contribution is 5.91. The van der Waals surface area contributed by atoms with Gasteiger partial charge in [-0.1, -0.05) is 48.0 Å². The van der Waals surface area contributed by atoms with Crippen LogP contribution in [0.4, 0.5) is 5.69 Å². The fourth-order valence-electron chi connectivity index (χ4n) is 6.64. The molecular formula is C34H32N2O2. The SMILES string of the molecule is COc1cccc2c1-c1ccc3c(c1C(c1cc(C)cc(C4C=Cn5cccc54)c1)O2)C(C)=CC(C)(C)N3. The van der Waals surface area contributed by atoms with Crippen LogP contribution in [0.5, 0.6) is 11.5 Å². The standard InChI is InChI=1S/C34H32N2O2/c1-20-16-22(24-13-15-36-14-7-8-27(24)36)18-23(17-20)33-32-25(31-28(37-5)9-6-10-29(31)38-33)11-12-26-30(32)21(2)19-34(3,4)35-26/h6-19,24,33,35H,1-5H3. The van der Waals surface area contributed by atoms with Crippen molar-refractivity contribution in [2.75, 3.05) is 12.4 Å². The minimum atomic E-state index is -0.248. The van der Waals surface area contributed by atoms with Crippen LogP contribution in [0.1, 0.15) is 66.3 Å². The molecular weight excluding hydrogens is 468 g/mol. The molecule has 0 radical (unpaired) electrons. The number of methoxy groups -OCH3 is 1. The predicted octanol–water partition coefficient (Wildman–Crippen LogP) is 8.18. The summed E-state index contributed by atoms with van der Waals surface area (Å²) in [7, 11) is 1.73. The van der Waals surface area contributed by atoms with Crippen LogP contribution in [0.25, 0.3) is 22.9 Å². The summed E-state index contributed by atoms with van der Waals surface area (Å²) >= 11 is 0. The zero-order valence-electron chi connectivity index (χ0n) is 22.5. The third-order valence-corrected chi connectivity index (χ3v) is 8.01. The van der Waals surface area contributed by atoms with E-state index in [1.54, 1.807) is 7.11 Å². The lowest BCUT2D eigenvalue weighted by molar-refractivity contribution is 0.241. The maximum Gasteiger partial charge on any atom is 0.150 e. The summed E-state index contributed by atoms with van der Waals surface area (Å²) in [5, 5.41) is 3.74. The molecule has 1 N–H and O–H groups in total. The van der Waals surface area contributed by atoms with Gasteiger partial charge in [-0.25, -0.2) is 0 Å². The fourth-order valence-corrected chi connectivity index (χ4v) is 6.64. The molecule has 7 rings (SSSR count). The average molecular weight is 501 g/mol. The molecule has 0 fully saturated rings. The van der Waals surface area contributed by atoms with Gasteiger partial charge < -0.3 is 19.4 Å². The van der Waals surface area contributed by atoms with Crippen molar-refractivity contribution in [2.24, 2.45) is 0 Å². The van der Waals surface area contributed by atoms with E-state index in [4.69, 9.17) is 9.47 Å². The number of rotatable bonds is 3. The van der Waals surface area contributed by atoms with E-state index in [1.165, 1.54) is 44.6 Å². The molecule has 0 spiro atoms. The van der Waals surface area contributed by atoms with E-state index in [0.717, 1.165) is 22.7 Å². The number of ether oxygens (including phenoxy) is 2. The van der Waals surface area contributed by atoms with Gasteiger partial charge in [0, 0.05) is 40.8 Å². The molecule has 38 heavy (non-hydrogen) atoms. The van der Waals surface area contributed by atoms with E-state index in [1.807, 2.05) is 12.1 Å². The van der Waals surface area contributed by atoms with Gasteiger partial charge in [0.2, 0.25) is 0 Å². The fraction of sp³-hybridized carbons (Fsp3) is 0.235.